The average Bonchev–Trinajstić information content (AvgIpc) is 3.08. The van der Waals surface area contributed by atoms with Crippen LogP contribution in [0, 0.1) is 0 Å². The minimum Gasteiger partial charge on any atom is -0.337 e. The molecule has 0 bridgehead atoms. The summed E-state index contributed by atoms with van der Waals surface area (Å²) in [5.41, 5.74) is 0. The van der Waals surface area contributed by atoms with Crippen LogP contribution in [0.25, 0.3) is 0 Å². The van der Waals surface area contributed by atoms with Crippen LogP contribution in [0.3, 0.4) is 0 Å². The van der Waals surface area contributed by atoms with Crippen LogP contribution in [0.1, 0.15) is 77.0 Å². The zero-order valence-electron chi connectivity index (χ0n) is 19.9. The van der Waals surface area contributed by atoms with Crippen LogP contribution in [0.4, 0.5) is 9.59 Å². The van der Waals surface area contributed by atoms with Gasteiger partial charge in [-0.3, -0.25) is 0 Å². The average molecular weight is 478 g/mol. The first kappa shape index (κ1) is 29.1. The van der Waals surface area contributed by atoms with E-state index in [9.17, 15) is 24.0 Å². The molecule has 2 N–H and O–H groups in total. The highest BCUT2D eigenvalue weighted by molar-refractivity contribution is 5.89. The van der Waals surface area contributed by atoms with E-state index in [0.29, 0.717) is 43.9 Å². The van der Waals surface area contributed by atoms with Crippen LogP contribution in [-0.2, 0) is 14.4 Å². The monoisotopic (exact) mass is 477 g/mol. The number of carbonyl (C=O) groups excluding carboxylic acids is 5. The second-order valence-corrected chi connectivity index (χ2v) is 8.32. The fraction of sp³-hybridized carbons (Fsp3) is 0.783. The summed E-state index contributed by atoms with van der Waals surface area (Å²) in [7, 11) is 0. The van der Waals surface area contributed by atoms with E-state index in [0.717, 1.165) is 64.2 Å². The molecule has 0 spiro atoms. The smallest absolute Gasteiger partial charge is 0.337 e. The van der Waals surface area contributed by atoms with Gasteiger partial charge in [-0.05, 0) is 44.9 Å². The van der Waals surface area contributed by atoms with Gasteiger partial charge in [-0.1, -0.05) is 25.7 Å². The largest absolute Gasteiger partial charge is 0.427 e. The van der Waals surface area contributed by atoms with E-state index in [-0.39, 0.29) is 12.6 Å². The first-order valence-corrected chi connectivity index (χ1v) is 12.2. The number of likely N-dealkylation sites (tertiary alicyclic amines) is 1. The first-order valence-electron chi connectivity index (χ1n) is 12.2. The Morgan fingerprint density at radius 1 is 0.824 bits per heavy atom. The summed E-state index contributed by atoms with van der Waals surface area (Å²) >= 11 is 0. The van der Waals surface area contributed by atoms with Crippen molar-refractivity contribution in [1.82, 2.24) is 10.2 Å². The molecule has 1 saturated heterocycles. The molecule has 0 saturated carbocycles. The Labute approximate surface area is 200 Å². The van der Waals surface area contributed by atoms with E-state index in [1.165, 1.54) is 17.1 Å². The molecule has 0 aromatic carbocycles. The van der Waals surface area contributed by atoms with Crippen molar-refractivity contribution in [3.8, 4) is 0 Å². The normalized spacial score (nSPS) is 17.3. The third-order valence-corrected chi connectivity index (χ3v) is 5.80. The number of nitrogens with one attached hydrogen (secondary N) is 2. The maximum atomic E-state index is 13.4. The van der Waals surface area contributed by atoms with Crippen LogP contribution in [-0.4, -0.2) is 74.1 Å². The number of nitrogens with zero attached hydrogens (tertiary/aromatic N) is 4. The molecule has 0 radical (unpaired) electrons. The van der Waals surface area contributed by atoms with Crippen molar-refractivity contribution >= 4 is 30.3 Å². The summed E-state index contributed by atoms with van der Waals surface area (Å²) < 4.78 is 0. The van der Waals surface area contributed by atoms with Gasteiger partial charge in [0.1, 0.15) is 0 Å². The second kappa shape index (κ2) is 19.5. The Morgan fingerprint density at radius 3 is 2.12 bits per heavy atom. The molecule has 2 unspecified atom stereocenters. The van der Waals surface area contributed by atoms with E-state index in [1.54, 1.807) is 6.08 Å². The molecule has 11 heteroatoms. The zero-order chi connectivity index (χ0) is 24.9. The SMILES string of the molecule is O=C=NCCCCCCNC(=O)N(CCCCCCN=C=O)C(=O)[NH+]1CCCCCC1N=C=O. The van der Waals surface area contributed by atoms with E-state index in [4.69, 9.17) is 0 Å². The predicted molar refractivity (Wildman–Crippen MR) is 125 cm³/mol. The van der Waals surface area contributed by atoms with Gasteiger partial charge in [0.2, 0.25) is 24.4 Å². The summed E-state index contributed by atoms with van der Waals surface area (Å²) in [4.78, 5) is 70.0. The standard InChI is InChI=1S/C23H36N6O5/c30-18-24-13-7-1-2-9-15-26-22(33)29(17-10-4-3-8-14-25-19-31)23(34)28-16-11-5-6-12-21(28)27-20-32/h21H,1-17H2,(H,26,33)/p+1. The maximum absolute atomic E-state index is 13.4. The number of amides is 4. The molecule has 1 heterocycles. The first-order chi connectivity index (χ1) is 16.7. The van der Waals surface area contributed by atoms with Gasteiger partial charge >= 0.3 is 12.1 Å². The van der Waals surface area contributed by atoms with Gasteiger partial charge in [0.25, 0.3) is 0 Å². The molecule has 11 nitrogen and oxygen atoms in total. The van der Waals surface area contributed by atoms with Crippen LogP contribution in [0.5, 0.6) is 0 Å². The molecule has 4 amide bonds. The van der Waals surface area contributed by atoms with Gasteiger partial charge < -0.3 is 5.32 Å². The lowest BCUT2D eigenvalue weighted by Gasteiger charge is -2.27. The van der Waals surface area contributed by atoms with Gasteiger partial charge in [-0.25, -0.2) is 43.8 Å². The highest BCUT2D eigenvalue weighted by atomic mass is 16.2. The van der Waals surface area contributed by atoms with Gasteiger partial charge in [0.05, 0.1) is 19.6 Å². The number of rotatable bonds is 15. The predicted octanol–water partition coefficient (Wildman–Crippen LogP) is 2.03. The van der Waals surface area contributed by atoms with Crippen molar-refractivity contribution in [1.29, 1.82) is 0 Å². The number of isocyanates is 3. The number of imide groups is 1. The summed E-state index contributed by atoms with van der Waals surface area (Å²) in [5, 5.41) is 2.84. The number of hydrogen-bond donors (Lipinski definition) is 2. The number of carbonyl (C=O) groups is 2. The molecule has 1 aliphatic rings. The van der Waals surface area contributed by atoms with Crippen molar-refractivity contribution in [3.63, 3.8) is 0 Å². The van der Waals surface area contributed by atoms with E-state index >= 15 is 0 Å². The molecule has 0 aliphatic carbocycles. The molecule has 188 valence electrons. The highest BCUT2D eigenvalue weighted by Crippen LogP contribution is 2.08. The van der Waals surface area contributed by atoms with Gasteiger partial charge in [-0.15, -0.1) is 4.99 Å². The van der Waals surface area contributed by atoms with Crippen LogP contribution >= 0.6 is 0 Å². The van der Waals surface area contributed by atoms with E-state index < -0.39 is 12.2 Å². The van der Waals surface area contributed by atoms with Crippen molar-refractivity contribution in [2.45, 2.75) is 83.2 Å². The molecule has 2 atom stereocenters. The Balaban J connectivity index is 2.67. The quantitative estimate of drug-likeness (QED) is 0.211. The summed E-state index contributed by atoms with van der Waals surface area (Å²) in [6, 6.07) is -0.799. The minimum atomic E-state index is -0.516. The van der Waals surface area contributed by atoms with Crippen LogP contribution < -0.4 is 10.2 Å². The Hall–Kier alpha value is -2.96. The Bertz CT molecular complexity index is 757. The van der Waals surface area contributed by atoms with E-state index in [1.807, 2.05) is 0 Å². The molecular formula is C23H37N6O5+. The lowest BCUT2D eigenvalue weighted by atomic mass is 10.2. The molecule has 1 fully saturated rings. The van der Waals surface area contributed by atoms with Crippen molar-refractivity contribution in [3.05, 3.63) is 0 Å². The summed E-state index contributed by atoms with van der Waals surface area (Å²) in [5.74, 6) is 0. The summed E-state index contributed by atoms with van der Waals surface area (Å²) in [6.45, 7) is 2.12. The number of aliphatic imine (C=N–C) groups is 3. The van der Waals surface area contributed by atoms with Crippen molar-refractivity contribution in [2.24, 2.45) is 15.0 Å². The molecule has 0 aromatic heterocycles. The topological polar surface area (TPSA) is 142 Å². The van der Waals surface area contributed by atoms with Gasteiger partial charge in [0, 0.05) is 19.5 Å². The molecule has 1 aliphatic heterocycles. The lowest BCUT2D eigenvalue weighted by molar-refractivity contribution is -0.845. The fourth-order valence-electron chi connectivity index (χ4n) is 3.96. The fourth-order valence-corrected chi connectivity index (χ4v) is 3.96. The second-order valence-electron chi connectivity index (χ2n) is 8.32. The number of urea groups is 2. The zero-order valence-corrected chi connectivity index (χ0v) is 19.9. The number of unbranched alkanes of at least 4 members (excludes halogenated alkanes) is 6. The minimum absolute atomic E-state index is 0.270. The van der Waals surface area contributed by atoms with Crippen LogP contribution in [0.15, 0.2) is 15.0 Å². The third-order valence-electron chi connectivity index (χ3n) is 5.80. The van der Waals surface area contributed by atoms with Crippen LogP contribution in [0.2, 0.25) is 0 Å². The maximum Gasteiger partial charge on any atom is 0.427 e. The van der Waals surface area contributed by atoms with Gasteiger partial charge in [0.15, 0.2) is 0 Å². The molecule has 34 heavy (non-hydrogen) atoms. The lowest BCUT2D eigenvalue weighted by Crippen LogP contribution is -3.19. The Morgan fingerprint density at radius 2 is 1.47 bits per heavy atom. The Kier molecular flexibility index (Phi) is 16.7. The third kappa shape index (κ3) is 12.3. The van der Waals surface area contributed by atoms with Gasteiger partial charge in [-0.2, -0.15) is 0 Å². The van der Waals surface area contributed by atoms with E-state index in [2.05, 4.69) is 20.3 Å². The highest BCUT2D eigenvalue weighted by Gasteiger charge is 2.36. The molecule has 0 aromatic rings. The van der Waals surface area contributed by atoms with Crippen molar-refractivity contribution < 1.29 is 28.9 Å². The van der Waals surface area contributed by atoms with Crippen molar-refractivity contribution in [2.75, 3.05) is 32.7 Å². The molecular weight excluding hydrogens is 440 g/mol. The summed E-state index contributed by atoms with van der Waals surface area (Å²) in [6.07, 6.45) is 13.7. The number of hydrogen-bond acceptors (Lipinski definition) is 8. The number of quaternary nitrogens is 1. The molecule has 1 rings (SSSR count).